The minimum Gasteiger partial charge on any atom is -0.481 e. The number of nitrogens with zero attached hydrogens (tertiary/aromatic N) is 2. The summed E-state index contributed by atoms with van der Waals surface area (Å²) in [6.07, 6.45) is 3.12. The number of aromatic nitrogens is 2. The predicted octanol–water partition coefficient (Wildman–Crippen LogP) is 1.51. The van der Waals surface area contributed by atoms with E-state index in [0.29, 0.717) is 5.82 Å². The number of carbonyl (C=O) groups excluding carboxylic acids is 1. The van der Waals surface area contributed by atoms with Gasteiger partial charge in [-0.2, -0.15) is 0 Å². The molecule has 1 heterocycles. The lowest BCUT2D eigenvalue weighted by Crippen LogP contribution is -2.13. The van der Waals surface area contributed by atoms with E-state index in [-0.39, 0.29) is 24.7 Å². The molecule has 82 valence electrons. The van der Waals surface area contributed by atoms with Crippen molar-refractivity contribution in [1.29, 1.82) is 0 Å². The van der Waals surface area contributed by atoms with Gasteiger partial charge in [0.15, 0.2) is 11.6 Å². The Morgan fingerprint density at radius 1 is 1.47 bits per heavy atom. The topological polar surface area (TPSA) is 72.2 Å². The molecular weight excluding hydrogens is 196 g/mol. The number of rotatable bonds is 5. The highest BCUT2D eigenvalue weighted by Crippen LogP contribution is 2.10. The summed E-state index contributed by atoms with van der Waals surface area (Å²) in [6, 6.07) is 0.149. The first-order valence-corrected chi connectivity index (χ1v) is 4.80. The largest absolute Gasteiger partial charge is 0.481 e. The number of carboxylic acid groups (broad SMARTS) is 1. The maximum Gasteiger partial charge on any atom is 0.303 e. The average Bonchev–Trinajstić information content (AvgIpc) is 2.62. The number of ketones is 1. The zero-order chi connectivity index (χ0) is 11.4. The second-order valence-electron chi connectivity index (χ2n) is 3.57. The molecule has 5 nitrogen and oxygen atoms in total. The first kappa shape index (κ1) is 11.4. The molecular formula is C10H14N2O3. The van der Waals surface area contributed by atoms with Crippen molar-refractivity contribution in [2.24, 2.45) is 0 Å². The van der Waals surface area contributed by atoms with Crippen LogP contribution in [-0.2, 0) is 4.79 Å². The Hall–Kier alpha value is -1.65. The Morgan fingerprint density at radius 2 is 2.13 bits per heavy atom. The first-order chi connectivity index (χ1) is 7.02. The summed E-state index contributed by atoms with van der Waals surface area (Å²) < 4.78 is 1.74. The molecule has 0 spiro atoms. The maximum atomic E-state index is 11.6. The zero-order valence-electron chi connectivity index (χ0n) is 8.80. The highest BCUT2D eigenvalue weighted by Gasteiger charge is 2.15. The third-order valence-electron chi connectivity index (χ3n) is 2.04. The molecule has 5 heteroatoms. The summed E-state index contributed by atoms with van der Waals surface area (Å²) in [5.74, 6) is -0.853. The van der Waals surface area contributed by atoms with Gasteiger partial charge in [0.25, 0.3) is 0 Å². The zero-order valence-corrected chi connectivity index (χ0v) is 8.80. The minimum absolute atomic E-state index is 0.000926. The fraction of sp³-hybridized carbons (Fsp3) is 0.500. The molecule has 0 radical (unpaired) electrons. The molecule has 1 N–H and O–H groups in total. The van der Waals surface area contributed by atoms with Crippen LogP contribution < -0.4 is 0 Å². The van der Waals surface area contributed by atoms with E-state index < -0.39 is 5.97 Å². The minimum atomic E-state index is -0.967. The van der Waals surface area contributed by atoms with Crippen LogP contribution in [0, 0.1) is 0 Å². The molecule has 0 aliphatic rings. The Morgan fingerprint density at radius 3 is 2.67 bits per heavy atom. The van der Waals surface area contributed by atoms with Gasteiger partial charge in [0.05, 0.1) is 6.42 Å². The van der Waals surface area contributed by atoms with E-state index in [0.717, 1.165) is 0 Å². The third kappa shape index (κ3) is 2.90. The van der Waals surface area contributed by atoms with E-state index >= 15 is 0 Å². The average molecular weight is 210 g/mol. The van der Waals surface area contributed by atoms with E-state index in [1.165, 1.54) is 0 Å². The molecule has 1 aromatic rings. The summed E-state index contributed by atoms with van der Waals surface area (Å²) in [5.41, 5.74) is 0. The lowest BCUT2D eigenvalue weighted by atomic mass is 10.2. The first-order valence-electron chi connectivity index (χ1n) is 4.80. The fourth-order valence-corrected chi connectivity index (χ4v) is 1.28. The van der Waals surface area contributed by atoms with Gasteiger partial charge in [-0.05, 0) is 13.8 Å². The number of hydrogen-bond donors (Lipinski definition) is 1. The highest BCUT2D eigenvalue weighted by atomic mass is 16.4. The van der Waals surface area contributed by atoms with E-state index in [1.54, 1.807) is 17.0 Å². The van der Waals surface area contributed by atoms with Crippen molar-refractivity contribution in [2.45, 2.75) is 32.7 Å². The van der Waals surface area contributed by atoms with Gasteiger partial charge in [0, 0.05) is 24.9 Å². The molecule has 1 aromatic heterocycles. The van der Waals surface area contributed by atoms with Crippen molar-refractivity contribution >= 4 is 11.8 Å². The van der Waals surface area contributed by atoms with E-state index in [4.69, 9.17) is 5.11 Å². The van der Waals surface area contributed by atoms with Crippen LogP contribution in [0.25, 0.3) is 0 Å². The molecule has 15 heavy (non-hydrogen) atoms. The third-order valence-corrected chi connectivity index (χ3v) is 2.04. The van der Waals surface area contributed by atoms with Crippen molar-refractivity contribution in [3.05, 3.63) is 18.2 Å². The number of imidazole rings is 1. The van der Waals surface area contributed by atoms with Crippen LogP contribution in [0.5, 0.6) is 0 Å². The smallest absolute Gasteiger partial charge is 0.303 e. The molecule has 0 saturated heterocycles. The number of carbonyl (C=O) groups is 2. The molecule has 0 aromatic carbocycles. The molecule has 0 bridgehead atoms. The van der Waals surface area contributed by atoms with E-state index in [2.05, 4.69) is 4.98 Å². The van der Waals surface area contributed by atoms with E-state index in [9.17, 15) is 9.59 Å². The van der Waals surface area contributed by atoms with Crippen LogP contribution in [0.1, 0.15) is 43.3 Å². The molecule has 0 atom stereocenters. The SMILES string of the molecule is CC(C)n1ccnc1C(=O)CCC(=O)O. The Bertz CT molecular complexity index is 368. The Kier molecular flexibility index (Phi) is 3.60. The van der Waals surface area contributed by atoms with Gasteiger partial charge in [0.1, 0.15) is 0 Å². The maximum absolute atomic E-state index is 11.6. The highest BCUT2D eigenvalue weighted by molar-refractivity contribution is 5.94. The van der Waals surface area contributed by atoms with Gasteiger partial charge in [0.2, 0.25) is 0 Å². The Balaban J connectivity index is 2.73. The molecule has 0 fully saturated rings. The predicted molar refractivity (Wildman–Crippen MR) is 53.8 cm³/mol. The fourth-order valence-electron chi connectivity index (χ4n) is 1.28. The summed E-state index contributed by atoms with van der Waals surface area (Å²) in [5, 5.41) is 8.46. The number of carboxylic acids is 1. The van der Waals surface area contributed by atoms with Gasteiger partial charge in [-0.25, -0.2) is 4.98 Å². The van der Waals surface area contributed by atoms with Gasteiger partial charge in [-0.15, -0.1) is 0 Å². The standard InChI is InChI=1S/C10H14N2O3/c1-7(2)12-6-5-11-10(12)8(13)3-4-9(14)15/h5-7H,3-4H2,1-2H3,(H,14,15). The van der Waals surface area contributed by atoms with Gasteiger partial charge in [-0.1, -0.05) is 0 Å². The van der Waals surface area contributed by atoms with Crippen LogP contribution in [0.15, 0.2) is 12.4 Å². The van der Waals surface area contributed by atoms with E-state index in [1.807, 2.05) is 13.8 Å². The van der Waals surface area contributed by atoms with Crippen LogP contribution in [0.3, 0.4) is 0 Å². The van der Waals surface area contributed by atoms with Gasteiger partial charge < -0.3 is 9.67 Å². The molecule has 0 saturated carbocycles. The number of Topliss-reactive ketones (excluding diaryl/α,β-unsaturated/α-hetero) is 1. The molecule has 0 amide bonds. The molecule has 0 aliphatic carbocycles. The number of hydrogen-bond acceptors (Lipinski definition) is 3. The summed E-state index contributed by atoms with van der Waals surface area (Å²) in [4.78, 5) is 25.8. The lowest BCUT2D eigenvalue weighted by molar-refractivity contribution is -0.136. The second kappa shape index (κ2) is 4.72. The van der Waals surface area contributed by atoms with Gasteiger partial charge >= 0.3 is 5.97 Å². The second-order valence-corrected chi connectivity index (χ2v) is 3.57. The van der Waals surface area contributed by atoms with Crippen molar-refractivity contribution in [2.75, 3.05) is 0 Å². The summed E-state index contributed by atoms with van der Waals surface area (Å²) >= 11 is 0. The van der Waals surface area contributed by atoms with Crippen LogP contribution >= 0.6 is 0 Å². The Labute approximate surface area is 87.7 Å². The van der Waals surface area contributed by atoms with Crippen LogP contribution in [0.4, 0.5) is 0 Å². The lowest BCUT2D eigenvalue weighted by Gasteiger charge is -2.09. The molecule has 0 unspecified atom stereocenters. The normalized spacial score (nSPS) is 10.6. The number of aliphatic carboxylic acids is 1. The summed E-state index contributed by atoms with van der Waals surface area (Å²) in [7, 11) is 0. The summed E-state index contributed by atoms with van der Waals surface area (Å²) in [6.45, 7) is 3.88. The monoisotopic (exact) mass is 210 g/mol. The molecule has 1 rings (SSSR count). The van der Waals surface area contributed by atoms with Crippen molar-refractivity contribution in [3.63, 3.8) is 0 Å². The quantitative estimate of drug-likeness (QED) is 0.748. The van der Waals surface area contributed by atoms with Crippen molar-refractivity contribution < 1.29 is 14.7 Å². The molecule has 0 aliphatic heterocycles. The van der Waals surface area contributed by atoms with Crippen LogP contribution in [0.2, 0.25) is 0 Å². The van der Waals surface area contributed by atoms with Crippen molar-refractivity contribution in [3.8, 4) is 0 Å². The van der Waals surface area contributed by atoms with Gasteiger partial charge in [-0.3, -0.25) is 9.59 Å². The van der Waals surface area contributed by atoms with Crippen molar-refractivity contribution in [1.82, 2.24) is 9.55 Å². The van der Waals surface area contributed by atoms with Crippen LogP contribution in [-0.4, -0.2) is 26.4 Å².